The predicted octanol–water partition coefficient (Wildman–Crippen LogP) is 0.940. The van der Waals surface area contributed by atoms with Crippen molar-refractivity contribution >= 4 is 10.2 Å². The fraction of sp³-hybridized carbons (Fsp3) is 0.571. The quantitative estimate of drug-likeness (QED) is 0.880. The minimum Gasteiger partial charge on any atom is -0.314 e. The first-order valence-corrected chi connectivity index (χ1v) is 8.69. The number of nitrogens with zero attached hydrogens (tertiary/aromatic N) is 2. The summed E-state index contributed by atoms with van der Waals surface area (Å²) in [6, 6.07) is 6.14. The van der Waals surface area contributed by atoms with Gasteiger partial charge in [-0.3, -0.25) is 0 Å². The third-order valence-electron chi connectivity index (χ3n) is 3.90. The van der Waals surface area contributed by atoms with Crippen LogP contribution in [0, 0.1) is 5.82 Å². The highest BCUT2D eigenvalue weighted by Crippen LogP contribution is 2.32. The third-order valence-corrected chi connectivity index (χ3v) is 5.94. The molecule has 0 radical (unpaired) electrons. The summed E-state index contributed by atoms with van der Waals surface area (Å²) in [7, 11) is -3.44. The van der Waals surface area contributed by atoms with Crippen molar-refractivity contribution in [3.8, 4) is 0 Å². The summed E-state index contributed by atoms with van der Waals surface area (Å²) in [5, 5.41) is 3.16. The van der Waals surface area contributed by atoms with Gasteiger partial charge in [0.2, 0.25) is 0 Å². The van der Waals surface area contributed by atoms with Gasteiger partial charge >= 0.3 is 0 Å². The van der Waals surface area contributed by atoms with E-state index in [-0.39, 0.29) is 11.9 Å². The Morgan fingerprint density at radius 3 is 2.38 bits per heavy atom. The third kappa shape index (κ3) is 3.42. The van der Waals surface area contributed by atoms with E-state index in [4.69, 9.17) is 0 Å². The topological polar surface area (TPSA) is 52.7 Å². The van der Waals surface area contributed by atoms with Gasteiger partial charge in [0, 0.05) is 38.8 Å². The molecule has 1 aliphatic carbocycles. The van der Waals surface area contributed by atoms with Crippen LogP contribution in [-0.4, -0.2) is 49.2 Å². The normalized spacial score (nSPS) is 20.9. The van der Waals surface area contributed by atoms with Gasteiger partial charge in [0.05, 0.1) is 0 Å². The highest BCUT2D eigenvalue weighted by molar-refractivity contribution is 7.86. The number of piperazine rings is 1. The van der Waals surface area contributed by atoms with Crippen molar-refractivity contribution in [2.45, 2.75) is 25.4 Å². The molecule has 0 bridgehead atoms. The molecule has 0 atom stereocenters. The molecule has 3 rings (SSSR count). The summed E-state index contributed by atoms with van der Waals surface area (Å²) in [4.78, 5) is 0. The molecule has 1 N–H and O–H groups in total. The second kappa shape index (κ2) is 6.00. The maximum absolute atomic E-state index is 13.0. The molecule has 21 heavy (non-hydrogen) atoms. The molecule has 0 aromatic heterocycles. The molecule has 1 heterocycles. The van der Waals surface area contributed by atoms with E-state index in [1.807, 2.05) is 0 Å². The van der Waals surface area contributed by atoms with Crippen molar-refractivity contribution in [3.63, 3.8) is 0 Å². The SMILES string of the molecule is O=S(=O)(N1CCNCC1)N(Cc1ccc(F)cc1)C1CC1. The minimum atomic E-state index is -3.44. The Morgan fingerprint density at radius 2 is 1.81 bits per heavy atom. The monoisotopic (exact) mass is 313 g/mol. The second-order valence-electron chi connectivity index (χ2n) is 5.56. The Balaban J connectivity index is 1.78. The zero-order valence-electron chi connectivity index (χ0n) is 11.8. The van der Waals surface area contributed by atoms with E-state index < -0.39 is 10.2 Å². The van der Waals surface area contributed by atoms with E-state index in [1.165, 1.54) is 12.1 Å². The summed E-state index contributed by atoms with van der Waals surface area (Å²) < 4.78 is 41.7. The molecule has 1 aromatic carbocycles. The average molecular weight is 313 g/mol. The Labute approximate surface area is 124 Å². The van der Waals surface area contributed by atoms with Gasteiger partial charge in [-0.25, -0.2) is 4.39 Å². The smallest absolute Gasteiger partial charge is 0.282 e. The molecule has 2 fully saturated rings. The second-order valence-corrected chi connectivity index (χ2v) is 7.44. The van der Waals surface area contributed by atoms with Crippen LogP contribution in [0.2, 0.25) is 0 Å². The van der Waals surface area contributed by atoms with Crippen LogP contribution in [0.25, 0.3) is 0 Å². The van der Waals surface area contributed by atoms with E-state index in [0.717, 1.165) is 18.4 Å². The molecule has 1 aromatic rings. The highest BCUT2D eigenvalue weighted by Gasteiger charge is 2.40. The highest BCUT2D eigenvalue weighted by atomic mass is 32.2. The first-order valence-electron chi connectivity index (χ1n) is 7.29. The van der Waals surface area contributed by atoms with E-state index in [9.17, 15) is 12.8 Å². The summed E-state index contributed by atoms with van der Waals surface area (Å²) >= 11 is 0. The fourth-order valence-electron chi connectivity index (χ4n) is 2.55. The number of hydrogen-bond acceptors (Lipinski definition) is 3. The van der Waals surface area contributed by atoms with Crippen LogP contribution in [0.4, 0.5) is 4.39 Å². The number of hydrogen-bond donors (Lipinski definition) is 1. The van der Waals surface area contributed by atoms with Crippen LogP contribution in [0.5, 0.6) is 0 Å². The summed E-state index contributed by atoms with van der Waals surface area (Å²) in [5.41, 5.74) is 0.821. The molecule has 2 aliphatic rings. The van der Waals surface area contributed by atoms with Gasteiger partial charge in [-0.15, -0.1) is 0 Å². The van der Waals surface area contributed by atoms with E-state index in [1.54, 1.807) is 20.7 Å². The van der Waals surface area contributed by atoms with Crippen molar-refractivity contribution in [1.82, 2.24) is 13.9 Å². The van der Waals surface area contributed by atoms with Crippen LogP contribution in [-0.2, 0) is 16.8 Å². The van der Waals surface area contributed by atoms with Gasteiger partial charge in [0.25, 0.3) is 10.2 Å². The maximum atomic E-state index is 13.0. The van der Waals surface area contributed by atoms with E-state index in [2.05, 4.69) is 5.32 Å². The molecule has 0 unspecified atom stereocenters. The van der Waals surface area contributed by atoms with Crippen molar-refractivity contribution in [1.29, 1.82) is 0 Å². The predicted molar refractivity (Wildman–Crippen MR) is 78.3 cm³/mol. The molecule has 5 nitrogen and oxygen atoms in total. The van der Waals surface area contributed by atoms with Crippen LogP contribution in [0.15, 0.2) is 24.3 Å². The number of benzene rings is 1. The Bertz CT molecular complexity index is 581. The molecular weight excluding hydrogens is 293 g/mol. The number of halogens is 1. The molecular formula is C14H20FN3O2S. The van der Waals surface area contributed by atoms with Gasteiger partial charge in [-0.1, -0.05) is 12.1 Å². The average Bonchev–Trinajstić information content (AvgIpc) is 3.32. The lowest BCUT2D eigenvalue weighted by molar-refractivity contribution is 0.304. The van der Waals surface area contributed by atoms with Gasteiger partial charge < -0.3 is 5.32 Å². The lowest BCUT2D eigenvalue weighted by atomic mass is 10.2. The zero-order chi connectivity index (χ0) is 14.9. The van der Waals surface area contributed by atoms with Crippen LogP contribution < -0.4 is 5.32 Å². The molecule has 116 valence electrons. The molecule has 0 spiro atoms. The maximum Gasteiger partial charge on any atom is 0.282 e. The van der Waals surface area contributed by atoms with Crippen molar-refractivity contribution in [2.75, 3.05) is 26.2 Å². The molecule has 7 heteroatoms. The molecule has 0 amide bonds. The summed E-state index contributed by atoms with van der Waals surface area (Å²) in [6.45, 7) is 2.71. The van der Waals surface area contributed by atoms with Crippen molar-refractivity contribution in [2.24, 2.45) is 0 Å². The van der Waals surface area contributed by atoms with Crippen LogP contribution >= 0.6 is 0 Å². The standard InChI is InChI=1S/C14H20FN3O2S/c15-13-3-1-12(2-4-13)11-18(14-5-6-14)21(19,20)17-9-7-16-8-10-17/h1-4,14,16H,5-11H2. The first kappa shape index (κ1) is 14.9. The van der Waals surface area contributed by atoms with Crippen molar-refractivity contribution < 1.29 is 12.8 Å². The Hall–Kier alpha value is -1.02. The van der Waals surface area contributed by atoms with Gasteiger partial charge in [0.1, 0.15) is 5.82 Å². The lowest BCUT2D eigenvalue weighted by Gasteiger charge is -2.32. The van der Waals surface area contributed by atoms with Gasteiger partial charge in [-0.05, 0) is 30.5 Å². The molecule has 1 saturated heterocycles. The lowest BCUT2D eigenvalue weighted by Crippen LogP contribution is -2.52. The van der Waals surface area contributed by atoms with Crippen LogP contribution in [0.1, 0.15) is 18.4 Å². The zero-order valence-corrected chi connectivity index (χ0v) is 12.7. The summed E-state index contributed by atoms with van der Waals surface area (Å²) in [6.07, 6.45) is 1.82. The first-order chi connectivity index (χ1) is 10.1. The number of rotatable bonds is 5. The van der Waals surface area contributed by atoms with Crippen LogP contribution in [0.3, 0.4) is 0 Å². The number of nitrogens with one attached hydrogen (secondary N) is 1. The van der Waals surface area contributed by atoms with Gasteiger partial charge in [-0.2, -0.15) is 17.0 Å². The molecule has 1 aliphatic heterocycles. The Kier molecular flexibility index (Phi) is 4.26. The fourth-order valence-corrected chi connectivity index (χ4v) is 4.40. The largest absolute Gasteiger partial charge is 0.314 e. The molecule has 1 saturated carbocycles. The van der Waals surface area contributed by atoms with E-state index >= 15 is 0 Å². The van der Waals surface area contributed by atoms with Crippen molar-refractivity contribution in [3.05, 3.63) is 35.6 Å². The minimum absolute atomic E-state index is 0.0925. The summed E-state index contributed by atoms with van der Waals surface area (Å²) in [5.74, 6) is -0.304. The van der Waals surface area contributed by atoms with Gasteiger partial charge in [0.15, 0.2) is 0 Å². The Morgan fingerprint density at radius 1 is 1.19 bits per heavy atom. The van der Waals surface area contributed by atoms with E-state index in [0.29, 0.717) is 32.7 Å².